The first kappa shape index (κ1) is 19.4. The van der Waals surface area contributed by atoms with Crippen LogP contribution >= 0.6 is 0 Å². The molecule has 2 aromatic rings. The van der Waals surface area contributed by atoms with Gasteiger partial charge in [0.1, 0.15) is 6.04 Å². The molecule has 2 amide bonds. The molecule has 0 unspecified atom stereocenters. The zero-order chi connectivity index (χ0) is 19.1. The summed E-state index contributed by atoms with van der Waals surface area (Å²) in [5, 5.41) is 16.3. The molecule has 8 heteroatoms. The van der Waals surface area contributed by atoms with Gasteiger partial charge >= 0.3 is 0 Å². The van der Waals surface area contributed by atoms with E-state index in [2.05, 4.69) is 21.5 Å². The zero-order valence-corrected chi connectivity index (χ0v) is 15.1. The Hall–Kier alpha value is -2.95. The number of carbonyl (C=O) groups is 2. The monoisotopic (exact) mass is 356 g/mol. The fourth-order valence-corrected chi connectivity index (χ4v) is 2.74. The van der Waals surface area contributed by atoms with Crippen LogP contribution in [-0.4, -0.2) is 32.6 Å². The maximum Gasteiger partial charge on any atom is 0.273 e. The Bertz CT molecular complexity index is 821. The Morgan fingerprint density at radius 2 is 2.15 bits per heavy atom. The van der Waals surface area contributed by atoms with Gasteiger partial charge in [-0.2, -0.15) is 10.4 Å². The maximum atomic E-state index is 12.7. The molecule has 2 heterocycles. The molecule has 0 bridgehead atoms. The Balaban J connectivity index is 2.23. The molecule has 0 spiro atoms. The highest BCUT2D eigenvalue weighted by Gasteiger charge is 2.24. The van der Waals surface area contributed by atoms with E-state index in [9.17, 15) is 9.59 Å². The van der Waals surface area contributed by atoms with Crippen molar-refractivity contribution in [2.24, 2.45) is 11.7 Å². The van der Waals surface area contributed by atoms with E-state index in [1.807, 2.05) is 13.8 Å². The summed E-state index contributed by atoms with van der Waals surface area (Å²) in [7, 11) is 0. The van der Waals surface area contributed by atoms with Gasteiger partial charge in [0.25, 0.3) is 5.91 Å². The number of primary amides is 1. The van der Waals surface area contributed by atoms with Gasteiger partial charge in [0.05, 0.1) is 11.5 Å². The van der Waals surface area contributed by atoms with Crippen molar-refractivity contribution in [3.05, 3.63) is 24.0 Å². The average Bonchev–Trinajstić information content (AvgIpc) is 2.97. The van der Waals surface area contributed by atoms with Gasteiger partial charge in [-0.05, 0) is 37.3 Å². The number of amides is 2. The van der Waals surface area contributed by atoms with Gasteiger partial charge in [0.15, 0.2) is 11.3 Å². The average molecular weight is 356 g/mol. The van der Waals surface area contributed by atoms with Crippen molar-refractivity contribution >= 4 is 22.8 Å². The van der Waals surface area contributed by atoms with Crippen molar-refractivity contribution in [2.75, 3.05) is 0 Å². The first-order chi connectivity index (χ1) is 12.4. The lowest BCUT2D eigenvalue weighted by Crippen LogP contribution is -2.45. The third-order valence-corrected chi connectivity index (χ3v) is 3.99. The van der Waals surface area contributed by atoms with Crippen LogP contribution < -0.4 is 11.1 Å². The van der Waals surface area contributed by atoms with Crippen LogP contribution in [0.4, 0.5) is 0 Å². The minimum atomic E-state index is -0.741. The van der Waals surface area contributed by atoms with E-state index in [-0.39, 0.29) is 11.6 Å². The Morgan fingerprint density at radius 3 is 2.81 bits per heavy atom. The van der Waals surface area contributed by atoms with E-state index in [1.165, 1.54) is 0 Å². The standard InChI is InChI=1S/C18H24N6O2/c1-12(2)11-14(16(20)25)22-18(26)15-13-7-6-9-21-17(13)24(23-15)10-5-3-4-8-19/h6-7,9,12,14H,3-5,10-11H2,1-2H3,(H2,20,25)(H,22,26)/t14-/m0/s1. The van der Waals surface area contributed by atoms with Gasteiger partial charge in [-0.3, -0.25) is 9.59 Å². The largest absolute Gasteiger partial charge is 0.368 e. The molecule has 8 nitrogen and oxygen atoms in total. The second kappa shape index (κ2) is 8.94. The second-order valence-corrected chi connectivity index (χ2v) is 6.62. The molecule has 138 valence electrons. The minimum absolute atomic E-state index is 0.212. The molecule has 0 aliphatic heterocycles. The molecule has 0 radical (unpaired) electrons. The van der Waals surface area contributed by atoms with Gasteiger partial charge in [0.2, 0.25) is 5.91 Å². The number of nitrogens with zero attached hydrogens (tertiary/aromatic N) is 4. The van der Waals surface area contributed by atoms with Crippen LogP contribution in [0, 0.1) is 17.2 Å². The Morgan fingerprint density at radius 1 is 1.38 bits per heavy atom. The van der Waals surface area contributed by atoms with Crippen molar-refractivity contribution in [3.63, 3.8) is 0 Å². The number of nitriles is 1. The highest BCUT2D eigenvalue weighted by molar-refractivity contribution is 6.05. The van der Waals surface area contributed by atoms with Crippen LogP contribution in [0.2, 0.25) is 0 Å². The van der Waals surface area contributed by atoms with E-state index in [4.69, 9.17) is 11.0 Å². The predicted octanol–water partition coefficient (Wildman–Crippen LogP) is 1.75. The Labute approximate surface area is 152 Å². The van der Waals surface area contributed by atoms with Gasteiger partial charge in [-0.1, -0.05) is 13.8 Å². The van der Waals surface area contributed by atoms with Gasteiger partial charge in [0, 0.05) is 19.2 Å². The number of nitrogens with two attached hydrogens (primary N) is 1. The number of unbranched alkanes of at least 4 members (excludes halogenated alkanes) is 2. The molecular formula is C18H24N6O2. The molecule has 2 rings (SSSR count). The number of aryl methyl sites for hydroxylation is 1. The molecule has 0 aliphatic carbocycles. The lowest BCUT2D eigenvalue weighted by Gasteiger charge is -2.16. The van der Waals surface area contributed by atoms with E-state index >= 15 is 0 Å². The van der Waals surface area contributed by atoms with E-state index in [0.29, 0.717) is 30.4 Å². The molecule has 0 saturated carbocycles. The normalized spacial score (nSPS) is 12.1. The number of fused-ring (bicyclic) bond motifs is 1. The number of pyridine rings is 1. The SMILES string of the molecule is CC(C)C[C@H](NC(=O)c1nn(CCCCC#N)c2ncccc12)C(N)=O. The third kappa shape index (κ3) is 4.79. The highest BCUT2D eigenvalue weighted by atomic mass is 16.2. The molecule has 26 heavy (non-hydrogen) atoms. The van der Waals surface area contributed by atoms with Crippen LogP contribution in [0.25, 0.3) is 11.0 Å². The molecule has 0 fully saturated rings. The van der Waals surface area contributed by atoms with Crippen LogP contribution in [0.3, 0.4) is 0 Å². The number of nitrogens with one attached hydrogen (secondary N) is 1. The molecule has 0 aromatic carbocycles. The second-order valence-electron chi connectivity index (χ2n) is 6.62. The fourth-order valence-electron chi connectivity index (χ4n) is 2.74. The van der Waals surface area contributed by atoms with Gasteiger partial charge in [-0.25, -0.2) is 9.67 Å². The zero-order valence-electron chi connectivity index (χ0n) is 15.1. The molecule has 0 saturated heterocycles. The number of hydrogen-bond donors (Lipinski definition) is 2. The lowest BCUT2D eigenvalue weighted by atomic mass is 10.0. The number of carbonyl (C=O) groups excluding carboxylic acids is 2. The van der Waals surface area contributed by atoms with Gasteiger partial charge in [-0.15, -0.1) is 0 Å². The predicted molar refractivity (Wildman–Crippen MR) is 96.9 cm³/mol. The number of rotatable bonds is 9. The summed E-state index contributed by atoms with van der Waals surface area (Å²) in [4.78, 5) is 28.6. The smallest absolute Gasteiger partial charge is 0.273 e. The van der Waals surface area contributed by atoms with Crippen molar-refractivity contribution in [2.45, 2.75) is 52.1 Å². The first-order valence-corrected chi connectivity index (χ1v) is 8.72. The highest BCUT2D eigenvalue weighted by Crippen LogP contribution is 2.17. The summed E-state index contributed by atoms with van der Waals surface area (Å²) >= 11 is 0. The summed E-state index contributed by atoms with van der Waals surface area (Å²) in [5.41, 5.74) is 6.24. The van der Waals surface area contributed by atoms with Crippen molar-refractivity contribution in [3.8, 4) is 6.07 Å². The van der Waals surface area contributed by atoms with Crippen molar-refractivity contribution in [1.82, 2.24) is 20.1 Å². The lowest BCUT2D eigenvalue weighted by molar-refractivity contribution is -0.120. The molecule has 0 aliphatic rings. The van der Waals surface area contributed by atoms with Gasteiger partial charge < -0.3 is 11.1 Å². The summed E-state index contributed by atoms with van der Waals surface area (Å²) in [6.45, 7) is 4.47. The molecule has 3 N–H and O–H groups in total. The van der Waals surface area contributed by atoms with Crippen LogP contribution in [-0.2, 0) is 11.3 Å². The molecule has 1 atom stereocenters. The van der Waals surface area contributed by atoms with E-state index < -0.39 is 17.9 Å². The first-order valence-electron chi connectivity index (χ1n) is 8.72. The number of hydrogen-bond acceptors (Lipinski definition) is 5. The maximum absolute atomic E-state index is 12.7. The fraction of sp³-hybridized carbons (Fsp3) is 0.500. The van der Waals surface area contributed by atoms with Crippen molar-refractivity contribution in [1.29, 1.82) is 5.26 Å². The van der Waals surface area contributed by atoms with Crippen LogP contribution in [0.1, 0.15) is 50.0 Å². The van der Waals surface area contributed by atoms with Crippen LogP contribution in [0.15, 0.2) is 18.3 Å². The third-order valence-electron chi connectivity index (χ3n) is 3.99. The summed E-state index contributed by atoms with van der Waals surface area (Å²) in [6.07, 6.45) is 4.10. The quantitative estimate of drug-likeness (QED) is 0.662. The Kier molecular flexibility index (Phi) is 6.67. The summed E-state index contributed by atoms with van der Waals surface area (Å²) < 4.78 is 1.67. The molecule has 2 aromatic heterocycles. The summed E-state index contributed by atoms with van der Waals surface area (Å²) in [5.74, 6) is -0.794. The number of aromatic nitrogens is 3. The minimum Gasteiger partial charge on any atom is -0.368 e. The van der Waals surface area contributed by atoms with E-state index in [1.54, 1.807) is 23.0 Å². The summed E-state index contributed by atoms with van der Waals surface area (Å²) in [6, 6.07) is 4.88. The van der Waals surface area contributed by atoms with E-state index in [0.717, 1.165) is 12.8 Å². The van der Waals surface area contributed by atoms with Crippen molar-refractivity contribution < 1.29 is 9.59 Å². The van der Waals surface area contributed by atoms with Crippen LogP contribution in [0.5, 0.6) is 0 Å². The molecular weight excluding hydrogens is 332 g/mol. The topological polar surface area (TPSA) is 127 Å².